The van der Waals surface area contributed by atoms with Gasteiger partial charge < -0.3 is 4.90 Å². The molecule has 0 aromatic heterocycles. The molecule has 0 radical (unpaired) electrons. The summed E-state index contributed by atoms with van der Waals surface area (Å²) in [7, 11) is 0. The molecule has 1 aliphatic heterocycles. The molecule has 3 heteroatoms. The van der Waals surface area contributed by atoms with Crippen LogP contribution in [0.4, 0.5) is 0 Å². The first-order valence-electron chi connectivity index (χ1n) is 8.12. The Balaban J connectivity index is 1.68. The zero-order valence-corrected chi connectivity index (χ0v) is 12.5. The molecule has 1 saturated heterocycles. The summed E-state index contributed by atoms with van der Waals surface area (Å²) in [6, 6.07) is 10.1. The Morgan fingerprint density at radius 3 is 2.67 bits per heavy atom. The van der Waals surface area contributed by atoms with Gasteiger partial charge >= 0.3 is 0 Å². The van der Waals surface area contributed by atoms with Gasteiger partial charge in [-0.2, -0.15) is 0 Å². The van der Waals surface area contributed by atoms with E-state index in [-0.39, 0.29) is 17.9 Å². The molecule has 2 atom stereocenters. The minimum atomic E-state index is 0.0981. The fourth-order valence-electron chi connectivity index (χ4n) is 3.81. The van der Waals surface area contributed by atoms with Crippen LogP contribution in [0.1, 0.15) is 44.1 Å². The van der Waals surface area contributed by atoms with Crippen LogP contribution in [-0.4, -0.2) is 29.2 Å². The second kappa shape index (κ2) is 6.42. The molecule has 21 heavy (non-hydrogen) atoms. The van der Waals surface area contributed by atoms with Crippen molar-refractivity contribution in [3.8, 4) is 0 Å². The minimum absolute atomic E-state index is 0.0981. The van der Waals surface area contributed by atoms with E-state index in [4.69, 9.17) is 0 Å². The van der Waals surface area contributed by atoms with Gasteiger partial charge in [-0.15, -0.1) is 0 Å². The van der Waals surface area contributed by atoms with Gasteiger partial charge in [-0.3, -0.25) is 9.59 Å². The first-order chi connectivity index (χ1) is 10.3. The molecule has 1 aromatic carbocycles. The molecule has 1 aromatic rings. The number of Topliss-reactive ketones (excluding diaryl/α,β-unsaturated/α-hetero) is 1. The van der Waals surface area contributed by atoms with Crippen molar-refractivity contribution in [3.63, 3.8) is 0 Å². The van der Waals surface area contributed by atoms with Gasteiger partial charge in [0.2, 0.25) is 5.91 Å². The number of amides is 1. The number of hydrogen-bond donors (Lipinski definition) is 0. The van der Waals surface area contributed by atoms with Gasteiger partial charge in [0, 0.05) is 24.9 Å². The fraction of sp³-hybridized carbons (Fsp3) is 0.556. The third-order valence-corrected chi connectivity index (χ3v) is 4.88. The Morgan fingerprint density at radius 2 is 1.90 bits per heavy atom. The van der Waals surface area contributed by atoms with Crippen LogP contribution in [-0.2, 0) is 16.0 Å². The van der Waals surface area contributed by atoms with Crippen molar-refractivity contribution in [2.24, 2.45) is 5.92 Å². The minimum Gasteiger partial charge on any atom is -0.339 e. The Hall–Kier alpha value is -1.64. The highest BCUT2D eigenvalue weighted by atomic mass is 16.2. The van der Waals surface area contributed by atoms with Crippen molar-refractivity contribution in [2.45, 2.75) is 51.0 Å². The standard InChI is InChI=1S/C18H23NO2/c20-17-11-5-4-9-15(17)16-10-6-12-19(16)18(21)13-14-7-2-1-3-8-14/h1-3,7-8,15-16H,4-6,9-13H2/t15-,16-/m1/s1. The average Bonchev–Trinajstić information content (AvgIpc) is 2.98. The van der Waals surface area contributed by atoms with E-state index in [2.05, 4.69) is 0 Å². The maximum Gasteiger partial charge on any atom is 0.227 e. The molecular formula is C18H23NO2. The van der Waals surface area contributed by atoms with E-state index >= 15 is 0 Å². The van der Waals surface area contributed by atoms with Gasteiger partial charge in [-0.25, -0.2) is 0 Å². The lowest BCUT2D eigenvalue weighted by Crippen LogP contribution is -2.44. The summed E-state index contributed by atoms with van der Waals surface area (Å²) in [6.07, 6.45) is 6.33. The first-order valence-corrected chi connectivity index (χ1v) is 8.12. The Kier molecular flexibility index (Phi) is 4.37. The number of carbonyl (C=O) groups excluding carboxylic acids is 2. The summed E-state index contributed by atoms with van der Waals surface area (Å²) < 4.78 is 0. The molecule has 0 spiro atoms. The average molecular weight is 285 g/mol. The summed E-state index contributed by atoms with van der Waals surface area (Å²) in [6.45, 7) is 0.820. The van der Waals surface area contributed by atoms with Crippen LogP contribution in [0.3, 0.4) is 0 Å². The van der Waals surface area contributed by atoms with E-state index in [1.54, 1.807) is 0 Å². The molecule has 0 N–H and O–H groups in total. The van der Waals surface area contributed by atoms with Gasteiger partial charge in [-0.05, 0) is 31.2 Å². The van der Waals surface area contributed by atoms with Gasteiger partial charge in [-0.1, -0.05) is 36.8 Å². The predicted octanol–water partition coefficient (Wildman–Crippen LogP) is 2.98. The van der Waals surface area contributed by atoms with Crippen LogP contribution >= 0.6 is 0 Å². The molecule has 112 valence electrons. The lowest BCUT2D eigenvalue weighted by atomic mass is 9.81. The largest absolute Gasteiger partial charge is 0.339 e. The number of benzene rings is 1. The normalized spacial score (nSPS) is 26.1. The second-order valence-corrected chi connectivity index (χ2v) is 6.28. The zero-order chi connectivity index (χ0) is 14.7. The monoisotopic (exact) mass is 285 g/mol. The van der Waals surface area contributed by atoms with Gasteiger partial charge in [0.05, 0.1) is 6.42 Å². The summed E-state index contributed by atoms with van der Waals surface area (Å²) in [5.74, 6) is 0.661. The summed E-state index contributed by atoms with van der Waals surface area (Å²) in [4.78, 5) is 26.7. The summed E-state index contributed by atoms with van der Waals surface area (Å²) in [5, 5.41) is 0. The maximum atomic E-state index is 12.6. The molecule has 0 unspecified atom stereocenters. The van der Waals surface area contributed by atoms with Crippen molar-refractivity contribution in [1.82, 2.24) is 4.90 Å². The van der Waals surface area contributed by atoms with Crippen LogP contribution in [0.5, 0.6) is 0 Å². The molecule has 1 saturated carbocycles. The van der Waals surface area contributed by atoms with Gasteiger partial charge in [0.1, 0.15) is 5.78 Å². The molecule has 1 amide bonds. The van der Waals surface area contributed by atoms with E-state index in [0.717, 1.165) is 44.2 Å². The molecule has 0 bridgehead atoms. The Bertz CT molecular complexity index is 511. The number of likely N-dealkylation sites (tertiary alicyclic amines) is 1. The second-order valence-electron chi connectivity index (χ2n) is 6.28. The highest BCUT2D eigenvalue weighted by Crippen LogP contribution is 2.32. The fourth-order valence-corrected chi connectivity index (χ4v) is 3.81. The molecule has 2 aliphatic rings. The number of ketones is 1. The smallest absolute Gasteiger partial charge is 0.227 e. The van der Waals surface area contributed by atoms with E-state index in [1.807, 2.05) is 35.2 Å². The van der Waals surface area contributed by atoms with Crippen LogP contribution in [0, 0.1) is 5.92 Å². The number of hydrogen-bond acceptors (Lipinski definition) is 2. The molecule has 3 nitrogen and oxygen atoms in total. The summed E-state index contributed by atoms with van der Waals surface area (Å²) in [5.41, 5.74) is 1.06. The molecule has 1 heterocycles. The van der Waals surface area contributed by atoms with Crippen molar-refractivity contribution in [3.05, 3.63) is 35.9 Å². The number of nitrogens with zero attached hydrogens (tertiary/aromatic N) is 1. The number of carbonyl (C=O) groups is 2. The van der Waals surface area contributed by atoms with Gasteiger partial charge in [0.25, 0.3) is 0 Å². The van der Waals surface area contributed by atoms with Crippen LogP contribution < -0.4 is 0 Å². The Morgan fingerprint density at radius 1 is 1.10 bits per heavy atom. The van der Waals surface area contributed by atoms with Crippen LogP contribution in [0.2, 0.25) is 0 Å². The highest BCUT2D eigenvalue weighted by molar-refractivity contribution is 5.84. The third-order valence-electron chi connectivity index (χ3n) is 4.88. The summed E-state index contributed by atoms with van der Waals surface area (Å²) >= 11 is 0. The Labute approximate surface area is 126 Å². The lowest BCUT2D eigenvalue weighted by molar-refractivity contribution is -0.135. The van der Waals surface area contributed by atoms with Crippen LogP contribution in [0.15, 0.2) is 30.3 Å². The zero-order valence-electron chi connectivity index (χ0n) is 12.5. The first kappa shape index (κ1) is 14.3. The van der Waals surface area contributed by atoms with Gasteiger partial charge in [0.15, 0.2) is 0 Å². The van der Waals surface area contributed by atoms with Crippen LogP contribution in [0.25, 0.3) is 0 Å². The van der Waals surface area contributed by atoms with Crippen molar-refractivity contribution >= 4 is 11.7 Å². The van der Waals surface area contributed by atoms with Crippen molar-refractivity contribution < 1.29 is 9.59 Å². The topological polar surface area (TPSA) is 37.4 Å². The van der Waals surface area contributed by atoms with E-state index in [0.29, 0.717) is 18.6 Å². The molecule has 3 rings (SSSR count). The molecule has 1 aliphatic carbocycles. The van der Waals surface area contributed by atoms with E-state index in [9.17, 15) is 9.59 Å². The number of rotatable bonds is 3. The van der Waals surface area contributed by atoms with E-state index in [1.165, 1.54) is 0 Å². The molecular weight excluding hydrogens is 262 g/mol. The quantitative estimate of drug-likeness (QED) is 0.856. The predicted molar refractivity (Wildman–Crippen MR) is 81.8 cm³/mol. The lowest BCUT2D eigenvalue weighted by Gasteiger charge is -2.33. The van der Waals surface area contributed by atoms with E-state index < -0.39 is 0 Å². The highest BCUT2D eigenvalue weighted by Gasteiger charge is 2.38. The van der Waals surface area contributed by atoms with Crippen molar-refractivity contribution in [1.29, 1.82) is 0 Å². The molecule has 2 fully saturated rings. The third kappa shape index (κ3) is 3.17. The van der Waals surface area contributed by atoms with Crippen molar-refractivity contribution in [2.75, 3.05) is 6.54 Å². The SMILES string of the molecule is O=C1CCCC[C@@H]1[C@H]1CCCN1C(=O)Cc1ccccc1. The maximum absolute atomic E-state index is 12.6.